The molecule has 100 valence electrons. The monoisotopic (exact) mass is 365 g/mol. The van der Waals surface area contributed by atoms with Gasteiger partial charge in [0.25, 0.3) is 0 Å². The van der Waals surface area contributed by atoms with Crippen LogP contribution in [0.3, 0.4) is 0 Å². The Morgan fingerprint density at radius 3 is 2.78 bits per heavy atom. The predicted molar refractivity (Wildman–Crippen MR) is 75.7 cm³/mol. The maximum absolute atomic E-state index is 11.4. The van der Waals surface area contributed by atoms with Gasteiger partial charge in [0.05, 0.1) is 13.7 Å². The Labute approximate surface area is 119 Å². The van der Waals surface area contributed by atoms with E-state index in [4.69, 9.17) is 15.2 Å². The van der Waals surface area contributed by atoms with Crippen molar-refractivity contribution in [1.82, 2.24) is 0 Å². The zero-order valence-corrected chi connectivity index (χ0v) is 12.4. The van der Waals surface area contributed by atoms with Crippen molar-refractivity contribution in [1.29, 1.82) is 0 Å². The first-order valence-electron chi connectivity index (χ1n) is 5.47. The van der Waals surface area contributed by atoms with E-state index in [0.717, 1.165) is 3.57 Å². The molecule has 0 aromatic heterocycles. The average molecular weight is 365 g/mol. The lowest BCUT2D eigenvalue weighted by atomic mass is 10.1. The molecule has 3 N–H and O–H groups in total. The Morgan fingerprint density at radius 1 is 1.56 bits per heavy atom. The Kier molecular flexibility index (Phi) is 5.67. The third kappa shape index (κ3) is 3.74. The average Bonchev–Trinajstić information content (AvgIpc) is 2.33. The summed E-state index contributed by atoms with van der Waals surface area (Å²) >= 11 is 2.10. The van der Waals surface area contributed by atoms with E-state index in [1.54, 1.807) is 19.1 Å². The van der Waals surface area contributed by atoms with E-state index in [-0.39, 0.29) is 18.8 Å². The first-order chi connectivity index (χ1) is 8.49. The zero-order valence-electron chi connectivity index (χ0n) is 10.3. The second-order valence-electron chi connectivity index (χ2n) is 3.68. The molecule has 1 atom stereocenters. The van der Waals surface area contributed by atoms with Crippen molar-refractivity contribution in [2.45, 2.75) is 19.4 Å². The van der Waals surface area contributed by atoms with Crippen molar-refractivity contribution in [2.75, 3.05) is 13.7 Å². The van der Waals surface area contributed by atoms with E-state index in [0.29, 0.717) is 11.3 Å². The molecule has 6 heteroatoms. The van der Waals surface area contributed by atoms with Crippen LogP contribution in [0.5, 0.6) is 11.5 Å². The fraction of sp³-hybridized carbons (Fsp3) is 0.417. The van der Waals surface area contributed by atoms with Crippen molar-refractivity contribution in [3.05, 3.63) is 21.3 Å². The van der Waals surface area contributed by atoms with Crippen molar-refractivity contribution in [3.8, 4) is 11.5 Å². The van der Waals surface area contributed by atoms with Gasteiger partial charge in [0.1, 0.15) is 6.04 Å². The summed E-state index contributed by atoms with van der Waals surface area (Å²) in [5.41, 5.74) is 6.29. The van der Waals surface area contributed by atoms with E-state index in [1.807, 2.05) is 0 Å². The number of carbonyl (C=O) groups is 1. The number of carbonyl (C=O) groups excluding carboxylic acids is 1. The van der Waals surface area contributed by atoms with E-state index in [9.17, 15) is 9.90 Å². The van der Waals surface area contributed by atoms with Crippen LogP contribution in [0.1, 0.15) is 12.5 Å². The van der Waals surface area contributed by atoms with Gasteiger partial charge in [-0.25, -0.2) is 0 Å². The van der Waals surface area contributed by atoms with Crippen LogP contribution in [0.25, 0.3) is 0 Å². The van der Waals surface area contributed by atoms with Crippen LogP contribution in [0.15, 0.2) is 12.1 Å². The number of phenols is 1. The number of rotatable bonds is 5. The number of aromatic hydroxyl groups is 1. The second-order valence-corrected chi connectivity index (χ2v) is 4.92. The molecule has 0 aliphatic carbocycles. The Bertz CT molecular complexity index is 436. The predicted octanol–water partition coefficient (Wildman–Crippen LogP) is 1.44. The first-order valence-corrected chi connectivity index (χ1v) is 6.55. The summed E-state index contributed by atoms with van der Waals surface area (Å²) in [6.45, 7) is 2.00. The van der Waals surface area contributed by atoms with E-state index in [2.05, 4.69) is 22.6 Å². The zero-order chi connectivity index (χ0) is 13.7. The first kappa shape index (κ1) is 15.0. The molecule has 1 aromatic rings. The van der Waals surface area contributed by atoms with Crippen molar-refractivity contribution in [3.63, 3.8) is 0 Å². The molecular formula is C12H16INO4. The van der Waals surface area contributed by atoms with Gasteiger partial charge in [-0.05, 0) is 41.6 Å². The SMILES string of the molecule is CCOC(=O)C(N)Cc1cc(I)cc(OC)c1O. The van der Waals surface area contributed by atoms with E-state index < -0.39 is 12.0 Å². The number of esters is 1. The molecule has 5 nitrogen and oxygen atoms in total. The highest BCUT2D eigenvalue weighted by Crippen LogP contribution is 2.32. The van der Waals surface area contributed by atoms with Gasteiger partial charge in [0.15, 0.2) is 11.5 Å². The highest BCUT2D eigenvalue weighted by atomic mass is 127. The molecule has 0 bridgehead atoms. The number of halogens is 1. The number of hydrogen-bond donors (Lipinski definition) is 2. The van der Waals surface area contributed by atoms with E-state index in [1.165, 1.54) is 7.11 Å². The molecular weight excluding hydrogens is 349 g/mol. The molecule has 0 amide bonds. The quantitative estimate of drug-likeness (QED) is 0.610. The number of ether oxygens (including phenoxy) is 2. The van der Waals surface area contributed by atoms with Crippen molar-refractivity contribution >= 4 is 28.6 Å². The van der Waals surface area contributed by atoms with Gasteiger partial charge in [0, 0.05) is 15.6 Å². The van der Waals surface area contributed by atoms with Gasteiger partial charge in [-0.1, -0.05) is 0 Å². The standard InChI is InChI=1S/C12H16INO4/c1-3-18-12(16)9(14)5-7-4-8(13)6-10(17-2)11(7)15/h4,6,9,15H,3,5,14H2,1-2H3. The number of hydrogen-bond acceptors (Lipinski definition) is 5. The van der Waals surface area contributed by atoms with Gasteiger partial charge < -0.3 is 20.3 Å². The highest BCUT2D eigenvalue weighted by Gasteiger charge is 2.19. The summed E-state index contributed by atoms with van der Waals surface area (Å²) in [6.07, 6.45) is 0.206. The number of benzene rings is 1. The van der Waals surface area contributed by atoms with Gasteiger partial charge in [0.2, 0.25) is 0 Å². The van der Waals surface area contributed by atoms with Gasteiger partial charge >= 0.3 is 5.97 Å². The number of phenolic OH excluding ortho intramolecular Hbond substituents is 1. The summed E-state index contributed by atoms with van der Waals surface area (Å²) in [7, 11) is 1.47. The largest absolute Gasteiger partial charge is 0.504 e. The normalized spacial score (nSPS) is 12.0. The molecule has 0 saturated heterocycles. The molecule has 0 fully saturated rings. The fourth-order valence-corrected chi connectivity index (χ4v) is 2.17. The second kappa shape index (κ2) is 6.79. The molecule has 18 heavy (non-hydrogen) atoms. The molecule has 0 aliphatic rings. The number of methoxy groups -OCH3 is 1. The van der Waals surface area contributed by atoms with Gasteiger partial charge in [-0.3, -0.25) is 4.79 Å². The van der Waals surface area contributed by atoms with Crippen LogP contribution in [0.2, 0.25) is 0 Å². The van der Waals surface area contributed by atoms with Crippen LogP contribution in [-0.4, -0.2) is 30.8 Å². The van der Waals surface area contributed by atoms with Crippen LogP contribution >= 0.6 is 22.6 Å². The number of nitrogens with two attached hydrogens (primary N) is 1. The van der Waals surface area contributed by atoms with Gasteiger partial charge in [-0.15, -0.1) is 0 Å². The minimum Gasteiger partial charge on any atom is -0.504 e. The molecule has 1 rings (SSSR count). The molecule has 1 unspecified atom stereocenters. The van der Waals surface area contributed by atoms with Crippen molar-refractivity contribution in [2.24, 2.45) is 5.73 Å². The summed E-state index contributed by atoms with van der Waals surface area (Å²) in [6, 6.07) is 2.67. The topological polar surface area (TPSA) is 81.8 Å². The Balaban J connectivity index is 2.90. The van der Waals surface area contributed by atoms with Gasteiger partial charge in [-0.2, -0.15) is 0 Å². The molecule has 1 aromatic carbocycles. The molecule has 0 aliphatic heterocycles. The Hall–Kier alpha value is -1.02. The minimum absolute atomic E-state index is 0.0117. The summed E-state index contributed by atoms with van der Waals surface area (Å²) in [5, 5.41) is 9.94. The smallest absolute Gasteiger partial charge is 0.323 e. The minimum atomic E-state index is -0.793. The third-order valence-corrected chi connectivity index (χ3v) is 2.99. The molecule has 0 heterocycles. The Morgan fingerprint density at radius 2 is 2.22 bits per heavy atom. The maximum atomic E-state index is 11.4. The van der Waals surface area contributed by atoms with Crippen LogP contribution in [0.4, 0.5) is 0 Å². The summed E-state index contributed by atoms with van der Waals surface area (Å²) < 4.78 is 10.8. The van der Waals surface area contributed by atoms with E-state index >= 15 is 0 Å². The maximum Gasteiger partial charge on any atom is 0.323 e. The highest BCUT2D eigenvalue weighted by molar-refractivity contribution is 14.1. The lowest BCUT2D eigenvalue weighted by Gasteiger charge is -2.13. The van der Waals surface area contributed by atoms with Crippen molar-refractivity contribution < 1.29 is 19.4 Å². The summed E-state index contributed by atoms with van der Waals surface area (Å²) in [4.78, 5) is 11.4. The van der Waals surface area contributed by atoms with Crippen LogP contribution in [-0.2, 0) is 16.0 Å². The molecule has 0 radical (unpaired) electrons. The molecule has 0 saturated carbocycles. The third-order valence-electron chi connectivity index (χ3n) is 2.37. The van der Waals surface area contributed by atoms with Crippen LogP contribution < -0.4 is 10.5 Å². The molecule has 0 spiro atoms. The fourth-order valence-electron chi connectivity index (χ4n) is 1.51. The lowest BCUT2D eigenvalue weighted by Crippen LogP contribution is -2.34. The lowest BCUT2D eigenvalue weighted by molar-refractivity contribution is -0.144. The van der Waals surface area contributed by atoms with Crippen LogP contribution in [0, 0.1) is 3.57 Å². The summed E-state index contributed by atoms with van der Waals surface area (Å²) in [5.74, 6) is -0.0969.